The summed E-state index contributed by atoms with van der Waals surface area (Å²) in [6, 6.07) is 0. The van der Waals surface area contributed by atoms with Crippen molar-refractivity contribution >= 4 is 12.1 Å². The minimum atomic E-state index is -1.83. The first-order valence-electron chi connectivity index (χ1n) is 2.25. The number of hydrogen-bond donors (Lipinski definition) is 4. The Hall–Kier alpha value is -0.963. The predicted molar refractivity (Wildman–Crippen MR) is 37.7 cm³/mol. The molecule has 0 bridgehead atoms. The van der Waals surface area contributed by atoms with Crippen molar-refractivity contribution in [3.8, 4) is 0 Å². The van der Waals surface area contributed by atoms with Crippen molar-refractivity contribution in [1.29, 1.82) is 0 Å². The van der Waals surface area contributed by atoms with Crippen LogP contribution in [0.2, 0.25) is 0 Å². The van der Waals surface area contributed by atoms with Gasteiger partial charge in [0.25, 0.3) is 0 Å². The quantitative estimate of drug-likeness (QED) is 0.252. The number of carboxylic acid groups (broad SMARTS) is 3. The van der Waals surface area contributed by atoms with Gasteiger partial charge in [-0.25, -0.2) is 9.59 Å². The van der Waals surface area contributed by atoms with Gasteiger partial charge in [0.2, 0.25) is 0 Å². The van der Waals surface area contributed by atoms with E-state index in [9.17, 15) is 0 Å². The summed E-state index contributed by atoms with van der Waals surface area (Å²) < 4.78 is 0. The maximum atomic E-state index is 9.12. The molecular formula is C5H11LiO6. The average Bonchev–Trinajstić information content (AvgIpc) is 1.91. The third kappa shape index (κ3) is 542. The van der Waals surface area contributed by atoms with Crippen LogP contribution in [-0.2, 0) is 4.79 Å². The van der Waals surface area contributed by atoms with Gasteiger partial charge >= 0.3 is 31.0 Å². The summed E-state index contributed by atoms with van der Waals surface area (Å²) in [5.41, 5.74) is 0. The van der Waals surface area contributed by atoms with Crippen LogP contribution in [0.3, 0.4) is 0 Å². The van der Waals surface area contributed by atoms with Gasteiger partial charge in [0.05, 0.1) is 0 Å². The number of hydrogen-bond acceptors (Lipinski definition) is 3. The molecule has 0 radical (unpaired) electrons. The number of carboxylic acids is 1. The molecule has 0 aliphatic rings. The molecule has 0 amide bonds. The Balaban J connectivity index is -0.0000000246. The second kappa shape index (κ2) is 22.5. The molecule has 7 heteroatoms. The van der Waals surface area contributed by atoms with E-state index in [0.717, 1.165) is 0 Å². The molecule has 12 heavy (non-hydrogen) atoms. The van der Waals surface area contributed by atoms with E-state index in [-0.39, 0.29) is 20.3 Å². The second-order valence-corrected chi connectivity index (χ2v) is 0.834. The molecule has 0 fully saturated rings. The minimum absolute atomic E-state index is 0. The zero-order chi connectivity index (χ0) is 9.86. The molecule has 4 N–H and O–H groups in total. The van der Waals surface area contributed by atoms with Crippen LogP contribution in [-0.4, -0.2) is 39.2 Å². The van der Waals surface area contributed by atoms with Crippen molar-refractivity contribution < 1.29 is 50.3 Å². The Morgan fingerprint density at radius 2 is 1.25 bits per heavy atom. The SMILES string of the molecule is C=C.O=C(O)CO.O=C(O)O.[H-].[Li+]. The number of aliphatic hydroxyl groups excluding tert-OH is 1. The van der Waals surface area contributed by atoms with Gasteiger partial charge in [0, 0.05) is 0 Å². The van der Waals surface area contributed by atoms with E-state index < -0.39 is 18.7 Å². The van der Waals surface area contributed by atoms with Crippen LogP contribution in [0, 0.1) is 0 Å². The molecule has 0 aromatic rings. The van der Waals surface area contributed by atoms with Gasteiger partial charge in [-0.05, 0) is 0 Å². The van der Waals surface area contributed by atoms with Gasteiger partial charge in [-0.1, -0.05) is 0 Å². The molecule has 0 unspecified atom stereocenters. The Labute approximate surface area is 82.8 Å². The summed E-state index contributed by atoms with van der Waals surface area (Å²) in [5, 5.41) is 29.0. The Morgan fingerprint density at radius 1 is 1.17 bits per heavy atom. The standard InChI is InChI=1S/C2H4O3.C2H4.CH2O3.Li.H/c3-1-2(4)5;1-2;2-1(3)4;;/h3H,1H2,(H,4,5);1-2H2;(H2,2,3,4);;/q;;;+1;-1. The molecule has 0 aromatic heterocycles. The van der Waals surface area contributed by atoms with E-state index in [1.807, 2.05) is 0 Å². The molecule has 0 aromatic carbocycles. The molecule has 0 spiro atoms. The Bertz CT molecular complexity index is 116. The molecule has 0 aliphatic heterocycles. The van der Waals surface area contributed by atoms with E-state index in [1.165, 1.54) is 0 Å². The second-order valence-electron chi connectivity index (χ2n) is 0.834. The molecule has 6 nitrogen and oxygen atoms in total. The van der Waals surface area contributed by atoms with E-state index in [1.54, 1.807) is 0 Å². The molecule has 0 saturated heterocycles. The van der Waals surface area contributed by atoms with Crippen LogP contribution in [0.25, 0.3) is 0 Å². The summed E-state index contributed by atoms with van der Waals surface area (Å²) in [7, 11) is 0. The van der Waals surface area contributed by atoms with Crippen LogP contribution >= 0.6 is 0 Å². The van der Waals surface area contributed by atoms with Crippen molar-refractivity contribution in [3.05, 3.63) is 13.2 Å². The van der Waals surface area contributed by atoms with E-state index >= 15 is 0 Å². The summed E-state index contributed by atoms with van der Waals surface area (Å²) in [5.74, 6) is -1.19. The van der Waals surface area contributed by atoms with Crippen LogP contribution in [0.4, 0.5) is 4.79 Å². The third-order valence-electron chi connectivity index (χ3n) is 0.135. The molecule has 0 heterocycles. The molecule has 0 rings (SSSR count). The predicted octanol–water partition coefficient (Wildman–Crippen LogP) is -2.80. The summed E-state index contributed by atoms with van der Waals surface area (Å²) in [6.45, 7) is 5.22. The topological polar surface area (TPSA) is 115 Å². The van der Waals surface area contributed by atoms with Crippen LogP contribution in [0.15, 0.2) is 13.2 Å². The van der Waals surface area contributed by atoms with Crippen molar-refractivity contribution in [2.75, 3.05) is 6.61 Å². The van der Waals surface area contributed by atoms with E-state index in [4.69, 9.17) is 30.0 Å². The summed E-state index contributed by atoms with van der Waals surface area (Å²) in [4.78, 5) is 17.7. The van der Waals surface area contributed by atoms with Crippen LogP contribution < -0.4 is 18.9 Å². The fourth-order valence-corrected chi connectivity index (χ4v) is 0. The molecule has 68 valence electrons. The molecular weight excluding hydrogens is 163 g/mol. The monoisotopic (exact) mass is 174 g/mol. The van der Waals surface area contributed by atoms with Crippen molar-refractivity contribution in [1.82, 2.24) is 0 Å². The maximum Gasteiger partial charge on any atom is 1.00 e. The van der Waals surface area contributed by atoms with Gasteiger partial charge in [-0.15, -0.1) is 13.2 Å². The maximum absolute atomic E-state index is 9.12. The number of rotatable bonds is 1. The normalized spacial score (nSPS) is 5.42. The molecule has 0 atom stereocenters. The third-order valence-corrected chi connectivity index (χ3v) is 0.135. The molecule has 0 saturated carbocycles. The van der Waals surface area contributed by atoms with E-state index in [0.29, 0.717) is 0 Å². The minimum Gasteiger partial charge on any atom is -1.00 e. The number of carbonyl (C=O) groups is 2. The number of aliphatic hydroxyl groups is 1. The summed E-state index contributed by atoms with van der Waals surface area (Å²) >= 11 is 0. The number of aliphatic carboxylic acids is 1. The van der Waals surface area contributed by atoms with E-state index in [2.05, 4.69) is 13.2 Å². The van der Waals surface area contributed by atoms with Crippen LogP contribution in [0.5, 0.6) is 0 Å². The van der Waals surface area contributed by atoms with Crippen molar-refractivity contribution in [3.63, 3.8) is 0 Å². The zero-order valence-electron chi connectivity index (χ0n) is 7.73. The first-order chi connectivity index (χ1) is 5.00. The van der Waals surface area contributed by atoms with Crippen molar-refractivity contribution in [2.24, 2.45) is 0 Å². The van der Waals surface area contributed by atoms with Gasteiger partial charge in [0.1, 0.15) is 6.61 Å². The molecule has 0 aliphatic carbocycles. The zero-order valence-corrected chi connectivity index (χ0v) is 6.73. The largest absolute Gasteiger partial charge is 1.00 e. The van der Waals surface area contributed by atoms with Gasteiger partial charge in [-0.2, -0.15) is 0 Å². The average molecular weight is 174 g/mol. The van der Waals surface area contributed by atoms with Gasteiger partial charge in [-0.3, -0.25) is 0 Å². The first kappa shape index (κ1) is 22.5. The fourth-order valence-electron chi connectivity index (χ4n) is 0. The van der Waals surface area contributed by atoms with Gasteiger partial charge < -0.3 is 21.9 Å². The fraction of sp³-hybridized carbons (Fsp3) is 0.200. The smallest absolute Gasteiger partial charge is 1.00 e. The van der Waals surface area contributed by atoms with Crippen LogP contribution in [0.1, 0.15) is 1.43 Å². The summed E-state index contributed by atoms with van der Waals surface area (Å²) in [6.07, 6.45) is -1.83. The Morgan fingerprint density at radius 3 is 1.25 bits per heavy atom. The Kier molecular flexibility index (Phi) is 42.1. The van der Waals surface area contributed by atoms with Gasteiger partial charge in [0.15, 0.2) is 0 Å². The van der Waals surface area contributed by atoms with Crippen molar-refractivity contribution in [2.45, 2.75) is 0 Å². The first-order valence-corrected chi connectivity index (χ1v) is 2.25.